The molecule has 0 aromatic rings. The molecule has 0 spiro atoms. The van der Waals surface area contributed by atoms with Crippen molar-refractivity contribution in [3.05, 3.63) is 23.7 Å². The minimum absolute atomic E-state index is 0. The number of carbonyl (C=O) groups excluding carboxylic acids is 2. The normalized spacial score (nSPS) is 10.0. The maximum absolute atomic E-state index is 10.0. The number of rotatable bonds is 2. The van der Waals surface area contributed by atoms with Crippen LogP contribution in [0.25, 0.3) is 0 Å². The van der Waals surface area contributed by atoms with E-state index in [9.17, 15) is 9.59 Å². The molecule has 0 bridgehead atoms. The van der Waals surface area contributed by atoms with Crippen LogP contribution in [0.3, 0.4) is 0 Å². The maximum atomic E-state index is 10.0. The van der Waals surface area contributed by atoms with Crippen molar-refractivity contribution in [1.82, 2.24) is 0 Å². The zero-order valence-electron chi connectivity index (χ0n) is 9.50. The van der Waals surface area contributed by atoms with E-state index in [-0.39, 0.29) is 56.1 Å². The van der Waals surface area contributed by atoms with Crippen molar-refractivity contribution in [2.75, 3.05) is 0 Å². The van der Waals surface area contributed by atoms with Gasteiger partial charge in [-0.25, -0.2) is 0 Å². The summed E-state index contributed by atoms with van der Waals surface area (Å²) in [5.41, 5.74) is 0. The molecule has 100 valence electrons. The predicted octanol–water partition coefficient (Wildman–Crippen LogP) is 2.07. The molecule has 0 amide bonds. The van der Waals surface area contributed by atoms with Crippen LogP contribution in [0.2, 0.25) is 0 Å². The third kappa shape index (κ3) is 37.6. The van der Waals surface area contributed by atoms with Crippen molar-refractivity contribution in [1.29, 1.82) is 0 Å². The van der Waals surface area contributed by atoms with E-state index in [4.69, 9.17) is 10.2 Å². The molecule has 0 unspecified atom stereocenters. The van der Waals surface area contributed by atoms with Crippen LogP contribution in [0.5, 0.6) is 0 Å². The van der Waals surface area contributed by atoms with E-state index in [2.05, 4.69) is 0 Å². The van der Waals surface area contributed by atoms with Crippen molar-refractivity contribution < 1.29 is 52.8 Å². The second-order valence-electron chi connectivity index (χ2n) is 2.79. The fourth-order valence-electron chi connectivity index (χ4n) is 0.588. The standard InChI is InChI=1S/2C5H8O2.2Ni/c2*1-4(6)3-5(2)7;;/h2*3,6H,1-2H3;;/b2*4-3-;;. The summed E-state index contributed by atoms with van der Waals surface area (Å²) in [5, 5.41) is 16.7. The smallest absolute Gasteiger partial charge is 0.155 e. The van der Waals surface area contributed by atoms with Crippen molar-refractivity contribution in [2.24, 2.45) is 0 Å². The Kier molecular flexibility index (Phi) is 22.1. The second kappa shape index (κ2) is 14.4. The van der Waals surface area contributed by atoms with Crippen LogP contribution in [0.15, 0.2) is 23.7 Å². The molecule has 0 saturated carbocycles. The van der Waals surface area contributed by atoms with Gasteiger partial charge in [-0.2, -0.15) is 0 Å². The zero-order chi connectivity index (χ0) is 11.7. The third-order valence-electron chi connectivity index (χ3n) is 0.824. The predicted molar refractivity (Wildman–Crippen MR) is 54.1 cm³/mol. The summed E-state index contributed by atoms with van der Waals surface area (Å²) in [7, 11) is 0. The van der Waals surface area contributed by atoms with Crippen LogP contribution in [-0.2, 0) is 42.6 Å². The summed E-state index contributed by atoms with van der Waals surface area (Å²) in [6, 6.07) is 0. The van der Waals surface area contributed by atoms with Gasteiger partial charge in [0.05, 0.1) is 11.5 Å². The average molecular weight is 318 g/mol. The first-order valence-electron chi connectivity index (χ1n) is 4.01. The summed E-state index contributed by atoms with van der Waals surface area (Å²) in [6.07, 6.45) is 2.33. The van der Waals surface area contributed by atoms with Gasteiger partial charge >= 0.3 is 0 Å². The fourth-order valence-corrected chi connectivity index (χ4v) is 0.588. The first-order chi connectivity index (χ1) is 6.25. The van der Waals surface area contributed by atoms with Crippen LogP contribution in [0.1, 0.15) is 27.7 Å². The van der Waals surface area contributed by atoms with Gasteiger partial charge in [0, 0.05) is 45.1 Å². The Bertz CT molecular complexity index is 234. The minimum Gasteiger partial charge on any atom is -0.512 e. The Labute approximate surface area is 116 Å². The molecule has 0 aliphatic carbocycles. The van der Waals surface area contributed by atoms with E-state index in [0.717, 1.165) is 0 Å². The van der Waals surface area contributed by atoms with Gasteiger partial charge in [-0.15, -0.1) is 0 Å². The Balaban J connectivity index is -0.0000000800. The number of hydrogen-bond acceptors (Lipinski definition) is 4. The minimum atomic E-state index is -0.125. The molecule has 0 fully saturated rings. The van der Waals surface area contributed by atoms with Gasteiger partial charge in [0.1, 0.15) is 0 Å². The fraction of sp³-hybridized carbons (Fsp3) is 0.400. The molecular weight excluding hydrogens is 301 g/mol. The molecular formula is C10H16Ni2O4. The van der Waals surface area contributed by atoms with Gasteiger partial charge in [0.25, 0.3) is 0 Å². The van der Waals surface area contributed by atoms with Crippen LogP contribution >= 0.6 is 0 Å². The molecule has 0 atom stereocenters. The number of allylic oxidation sites excluding steroid dienone is 4. The summed E-state index contributed by atoms with van der Waals surface area (Å²) in [6.45, 7) is 5.70. The Morgan fingerprint density at radius 1 is 0.750 bits per heavy atom. The summed E-state index contributed by atoms with van der Waals surface area (Å²) < 4.78 is 0. The number of carbonyl (C=O) groups is 2. The molecule has 0 saturated heterocycles. The van der Waals surface area contributed by atoms with E-state index in [1.165, 1.54) is 39.8 Å². The first-order valence-corrected chi connectivity index (χ1v) is 4.01. The molecule has 0 rings (SSSR count). The first kappa shape index (κ1) is 24.6. The van der Waals surface area contributed by atoms with Gasteiger partial charge in [-0.3, -0.25) is 9.59 Å². The molecule has 4 nitrogen and oxygen atoms in total. The maximum Gasteiger partial charge on any atom is 0.155 e. The van der Waals surface area contributed by atoms with E-state index >= 15 is 0 Å². The topological polar surface area (TPSA) is 74.6 Å². The number of aliphatic hydroxyl groups is 2. The molecule has 0 aliphatic rings. The zero-order valence-corrected chi connectivity index (χ0v) is 11.5. The van der Waals surface area contributed by atoms with Gasteiger partial charge in [0.2, 0.25) is 0 Å². The Morgan fingerprint density at radius 2 is 0.938 bits per heavy atom. The summed E-state index contributed by atoms with van der Waals surface area (Å²) >= 11 is 0. The molecule has 16 heavy (non-hydrogen) atoms. The van der Waals surface area contributed by atoms with E-state index in [1.807, 2.05) is 0 Å². The molecule has 2 N–H and O–H groups in total. The van der Waals surface area contributed by atoms with Crippen LogP contribution in [-0.4, -0.2) is 21.8 Å². The van der Waals surface area contributed by atoms with Gasteiger partial charge in [-0.1, -0.05) is 0 Å². The molecule has 0 aromatic carbocycles. The van der Waals surface area contributed by atoms with Crippen molar-refractivity contribution in [2.45, 2.75) is 27.7 Å². The molecule has 0 radical (unpaired) electrons. The largest absolute Gasteiger partial charge is 0.512 e. The monoisotopic (exact) mass is 316 g/mol. The van der Waals surface area contributed by atoms with Gasteiger partial charge < -0.3 is 10.2 Å². The third-order valence-corrected chi connectivity index (χ3v) is 0.824. The Morgan fingerprint density at radius 3 is 0.938 bits per heavy atom. The number of hydrogen-bond donors (Lipinski definition) is 2. The van der Waals surface area contributed by atoms with E-state index < -0.39 is 0 Å². The van der Waals surface area contributed by atoms with Crippen molar-refractivity contribution >= 4 is 11.6 Å². The van der Waals surface area contributed by atoms with E-state index in [1.54, 1.807) is 0 Å². The molecule has 0 heterocycles. The van der Waals surface area contributed by atoms with Crippen LogP contribution in [0, 0.1) is 0 Å². The quantitative estimate of drug-likeness (QED) is 0.464. The van der Waals surface area contributed by atoms with Crippen LogP contribution < -0.4 is 0 Å². The van der Waals surface area contributed by atoms with Crippen LogP contribution in [0.4, 0.5) is 0 Å². The van der Waals surface area contributed by atoms with E-state index in [0.29, 0.717) is 0 Å². The van der Waals surface area contributed by atoms with Crippen molar-refractivity contribution in [3.63, 3.8) is 0 Å². The molecule has 6 heteroatoms. The molecule has 0 aliphatic heterocycles. The van der Waals surface area contributed by atoms with Gasteiger partial charge in [0.15, 0.2) is 11.6 Å². The molecule has 0 aromatic heterocycles. The summed E-state index contributed by atoms with van der Waals surface area (Å²) in [4.78, 5) is 20.0. The van der Waals surface area contributed by atoms with Crippen molar-refractivity contribution in [3.8, 4) is 0 Å². The Hall–Kier alpha value is -0.593. The number of aliphatic hydroxyl groups excluding tert-OH is 2. The van der Waals surface area contributed by atoms with Gasteiger partial charge in [-0.05, 0) is 27.7 Å². The average Bonchev–Trinajstić information content (AvgIpc) is 1.79. The second-order valence-corrected chi connectivity index (χ2v) is 2.79. The summed E-state index contributed by atoms with van der Waals surface area (Å²) in [5.74, 6) is -0.125. The number of ketones is 2. The SMILES string of the molecule is CC(=O)/C=C(/C)O.CC(=O)/C=C(/C)O.[Ni].[Ni].